The number of aromatic amines is 1. The lowest BCUT2D eigenvalue weighted by Gasteiger charge is -2.18. The van der Waals surface area contributed by atoms with Crippen LogP contribution in [0.5, 0.6) is 0 Å². The van der Waals surface area contributed by atoms with Crippen molar-refractivity contribution in [3.8, 4) is 0 Å². The molecule has 0 unspecified atom stereocenters. The molecule has 0 spiro atoms. The number of aromatic nitrogens is 1. The Balaban J connectivity index is 1.84. The third-order valence-electron chi connectivity index (χ3n) is 4.28. The van der Waals surface area contributed by atoms with E-state index in [9.17, 15) is 13.2 Å². The zero-order valence-corrected chi connectivity index (χ0v) is 16.9. The number of thioether (sulfide) groups is 1. The largest absolute Gasteiger partial charge is 0.361 e. The lowest BCUT2D eigenvalue weighted by atomic mass is 10.1. The maximum atomic E-state index is 12.8. The average molecular weight is 403 g/mol. The first-order chi connectivity index (χ1) is 12.8. The molecule has 1 atom stereocenters. The molecule has 0 aliphatic heterocycles. The third kappa shape index (κ3) is 5.00. The fourth-order valence-electron chi connectivity index (χ4n) is 2.92. The smallest absolute Gasteiger partial charge is 0.240 e. The molecule has 142 valence electrons. The molecule has 0 radical (unpaired) electrons. The van der Waals surface area contributed by atoms with Gasteiger partial charge in [0.1, 0.15) is 0 Å². The molecule has 0 aliphatic carbocycles. The monoisotopic (exact) mass is 402 g/mol. The number of sulfonamides is 1. The molecule has 3 aromatic rings. The molecule has 2 N–H and O–H groups in total. The number of carbonyl (C=O) groups excluding carboxylic acids is 1. The maximum absolute atomic E-state index is 12.8. The van der Waals surface area contributed by atoms with E-state index in [0.717, 1.165) is 33.8 Å². The van der Waals surface area contributed by atoms with Crippen LogP contribution in [-0.2, 0) is 21.2 Å². The van der Waals surface area contributed by atoms with Crippen molar-refractivity contribution in [2.75, 3.05) is 5.75 Å². The molecular formula is C20H22N2O3S2. The molecule has 5 nitrogen and oxygen atoms in total. The van der Waals surface area contributed by atoms with E-state index in [0.29, 0.717) is 12.2 Å². The number of aryl methyl sites for hydroxylation is 1. The van der Waals surface area contributed by atoms with Gasteiger partial charge in [-0.25, -0.2) is 13.1 Å². The Kier molecular flexibility index (Phi) is 6.04. The van der Waals surface area contributed by atoms with Gasteiger partial charge in [-0.15, -0.1) is 0 Å². The Labute approximate surface area is 163 Å². The van der Waals surface area contributed by atoms with Gasteiger partial charge < -0.3 is 4.98 Å². The summed E-state index contributed by atoms with van der Waals surface area (Å²) in [6.45, 7) is 3.40. The van der Waals surface area contributed by atoms with Crippen LogP contribution in [0.15, 0.2) is 59.6 Å². The Morgan fingerprint density at radius 2 is 1.85 bits per heavy atom. The highest BCUT2D eigenvalue weighted by molar-refractivity contribution is 8.13. The zero-order chi connectivity index (χ0) is 19.4. The molecule has 3 rings (SSSR count). The number of benzene rings is 2. The molecule has 0 amide bonds. The first kappa shape index (κ1) is 19.7. The number of hydrogen-bond donors (Lipinski definition) is 2. The van der Waals surface area contributed by atoms with Crippen molar-refractivity contribution >= 4 is 37.8 Å². The lowest BCUT2D eigenvalue weighted by Crippen LogP contribution is -2.38. The van der Waals surface area contributed by atoms with Crippen LogP contribution >= 0.6 is 11.8 Å². The minimum absolute atomic E-state index is 0.0338. The van der Waals surface area contributed by atoms with Crippen LogP contribution in [0.1, 0.15) is 18.1 Å². The third-order valence-corrected chi connectivity index (χ3v) is 6.79. The molecule has 0 bridgehead atoms. The van der Waals surface area contributed by atoms with Gasteiger partial charge in [-0.3, -0.25) is 4.79 Å². The summed E-state index contributed by atoms with van der Waals surface area (Å²) in [5.41, 5.74) is 3.02. The van der Waals surface area contributed by atoms with E-state index in [4.69, 9.17) is 0 Å². The van der Waals surface area contributed by atoms with Crippen molar-refractivity contribution in [3.63, 3.8) is 0 Å². The van der Waals surface area contributed by atoms with E-state index in [1.54, 1.807) is 24.3 Å². The highest BCUT2D eigenvalue weighted by atomic mass is 32.2. The average Bonchev–Trinajstić information content (AvgIpc) is 3.03. The van der Waals surface area contributed by atoms with Gasteiger partial charge in [0.25, 0.3) is 0 Å². The van der Waals surface area contributed by atoms with Gasteiger partial charge in [0.15, 0.2) is 5.12 Å². The number of H-pyrrole nitrogens is 1. The van der Waals surface area contributed by atoms with E-state index in [1.165, 1.54) is 6.92 Å². The summed E-state index contributed by atoms with van der Waals surface area (Å²) in [5, 5.41) is 1.03. The number of para-hydroxylation sites is 1. The SMILES string of the molecule is CC(=O)SC[C@H](Cc1c[nH]c2ccccc12)NS(=O)(=O)c1ccc(C)cc1. The Morgan fingerprint density at radius 3 is 2.56 bits per heavy atom. The number of nitrogens with one attached hydrogen (secondary N) is 2. The van der Waals surface area contributed by atoms with Crippen LogP contribution in [0.4, 0.5) is 0 Å². The topological polar surface area (TPSA) is 79.0 Å². The summed E-state index contributed by atoms with van der Waals surface area (Å²) in [6.07, 6.45) is 2.39. The predicted molar refractivity (Wildman–Crippen MR) is 110 cm³/mol. The molecule has 0 aliphatic rings. The van der Waals surface area contributed by atoms with E-state index in [-0.39, 0.29) is 10.0 Å². The van der Waals surface area contributed by atoms with Gasteiger partial charge in [-0.1, -0.05) is 47.7 Å². The fraction of sp³-hybridized carbons (Fsp3) is 0.250. The van der Waals surface area contributed by atoms with Crippen LogP contribution in [0.25, 0.3) is 10.9 Å². The summed E-state index contributed by atoms with van der Waals surface area (Å²) in [7, 11) is -3.67. The minimum Gasteiger partial charge on any atom is -0.361 e. The minimum atomic E-state index is -3.67. The lowest BCUT2D eigenvalue weighted by molar-refractivity contribution is -0.109. The highest BCUT2D eigenvalue weighted by Crippen LogP contribution is 2.21. The maximum Gasteiger partial charge on any atom is 0.240 e. The fourth-order valence-corrected chi connectivity index (χ4v) is 4.90. The number of hydrogen-bond acceptors (Lipinski definition) is 4. The van der Waals surface area contributed by atoms with Crippen LogP contribution < -0.4 is 4.72 Å². The van der Waals surface area contributed by atoms with Gasteiger partial charge in [0.05, 0.1) is 4.90 Å². The van der Waals surface area contributed by atoms with Gasteiger partial charge in [-0.2, -0.15) is 0 Å². The molecule has 1 heterocycles. The zero-order valence-electron chi connectivity index (χ0n) is 15.2. The van der Waals surface area contributed by atoms with Crippen molar-refractivity contribution in [2.24, 2.45) is 0 Å². The van der Waals surface area contributed by atoms with E-state index < -0.39 is 16.1 Å². The van der Waals surface area contributed by atoms with Crippen molar-refractivity contribution < 1.29 is 13.2 Å². The Morgan fingerprint density at radius 1 is 1.15 bits per heavy atom. The highest BCUT2D eigenvalue weighted by Gasteiger charge is 2.22. The van der Waals surface area contributed by atoms with Crippen LogP contribution in [0.3, 0.4) is 0 Å². The molecule has 0 saturated carbocycles. The molecule has 0 saturated heterocycles. The normalized spacial score (nSPS) is 13.0. The molecular weight excluding hydrogens is 380 g/mol. The molecule has 0 fully saturated rings. The van der Waals surface area contributed by atoms with Crippen LogP contribution in [0, 0.1) is 6.92 Å². The van der Waals surface area contributed by atoms with Gasteiger partial charge >= 0.3 is 0 Å². The first-order valence-electron chi connectivity index (χ1n) is 8.62. The number of carbonyl (C=O) groups is 1. The van der Waals surface area contributed by atoms with Crippen LogP contribution in [0.2, 0.25) is 0 Å². The van der Waals surface area contributed by atoms with Gasteiger partial charge in [0.2, 0.25) is 10.0 Å². The van der Waals surface area contributed by atoms with Gasteiger partial charge in [0, 0.05) is 35.8 Å². The summed E-state index contributed by atoms with van der Waals surface area (Å²) < 4.78 is 28.3. The second-order valence-corrected chi connectivity index (χ2v) is 9.41. The van der Waals surface area contributed by atoms with Crippen molar-refractivity contribution in [1.82, 2.24) is 9.71 Å². The van der Waals surface area contributed by atoms with Crippen molar-refractivity contribution in [1.29, 1.82) is 0 Å². The van der Waals surface area contributed by atoms with Crippen molar-refractivity contribution in [2.45, 2.75) is 31.2 Å². The van der Waals surface area contributed by atoms with E-state index in [1.807, 2.05) is 37.4 Å². The summed E-state index contributed by atoms with van der Waals surface area (Å²) in [6, 6.07) is 14.2. The second kappa shape index (κ2) is 8.29. The molecule has 2 aromatic carbocycles. The Bertz CT molecular complexity index is 1040. The quantitative estimate of drug-likeness (QED) is 0.632. The van der Waals surface area contributed by atoms with Crippen molar-refractivity contribution in [3.05, 3.63) is 65.9 Å². The predicted octanol–water partition coefficient (Wildman–Crippen LogP) is 3.65. The molecule has 7 heteroatoms. The number of rotatable bonds is 7. The van der Waals surface area contributed by atoms with E-state index in [2.05, 4.69) is 9.71 Å². The second-order valence-electron chi connectivity index (χ2n) is 6.50. The molecule has 1 aromatic heterocycles. The summed E-state index contributed by atoms with van der Waals surface area (Å²) in [4.78, 5) is 14.9. The standard InChI is InChI=1S/C20H22N2O3S2/c1-14-7-9-18(10-8-14)27(24,25)22-17(13-26-15(2)23)11-16-12-21-20-6-4-3-5-19(16)20/h3-10,12,17,21-22H,11,13H2,1-2H3/t17-/m0/s1. The molecule has 27 heavy (non-hydrogen) atoms. The number of fused-ring (bicyclic) bond motifs is 1. The summed E-state index contributed by atoms with van der Waals surface area (Å²) in [5.74, 6) is 0.375. The van der Waals surface area contributed by atoms with Gasteiger partial charge in [-0.05, 0) is 37.1 Å². The Hall–Kier alpha value is -2.09. The summed E-state index contributed by atoms with van der Waals surface area (Å²) >= 11 is 1.13. The van der Waals surface area contributed by atoms with Crippen LogP contribution in [-0.4, -0.2) is 30.3 Å². The first-order valence-corrected chi connectivity index (χ1v) is 11.1. The van der Waals surface area contributed by atoms with E-state index >= 15 is 0 Å².